The van der Waals surface area contributed by atoms with E-state index in [1.807, 2.05) is 32.0 Å². The van der Waals surface area contributed by atoms with Gasteiger partial charge in [-0.25, -0.2) is 4.39 Å². The number of rotatable bonds is 3. The van der Waals surface area contributed by atoms with E-state index in [2.05, 4.69) is 10.6 Å². The Bertz CT molecular complexity index is 830. The first kappa shape index (κ1) is 16.2. The molecule has 2 amide bonds. The molecule has 2 N–H and O–H groups in total. The SMILES string of the molecule is CCc1ccc(C)cc1C(=O)Nc1cc2c(cc1F)NC(=O)CC2. The average molecular weight is 326 g/mol. The molecule has 5 heteroatoms. The van der Waals surface area contributed by atoms with Crippen LogP contribution in [0, 0.1) is 12.7 Å². The van der Waals surface area contributed by atoms with Crippen molar-refractivity contribution in [3.63, 3.8) is 0 Å². The van der Waals surface area contributed by atoms with Crippen LogP contribution >= 0.6 is 0 Å². The van der Waals surface area contributed by atoms with E-state index in [4.69, 9.17) is 0 Å². The Kier molecular flexibility index (Phi) is 4.34. The molecule has 124 valence electrons. The van der Waals surface area contributed by atoms with Gasteiger partial charge in [0.1, 0.15) is 5.82 Å². The summed E-state index contributed by atoms with van der Waals surface area (Å²) in [5.74, 6) is -1.00. The lowest BCUT2D eigenvalue weighted by atomic mass is 10.0. The van der Waals surface area contributed by atoms with Crippen LogP contribution in [-0.2, 0) is 17.6 Å². The van der Waals surface area contributed by atoms with E-state index >= 15 is 0 Å². The van der Waals surface area contributed by atoms with Crippen molar-refractivity contribution in [3.8, 4) is 0 Å². The molecule has 24 heavy (non-hydrogen) atoms. The normalized spacial score (nSPS) is 13.2. The highest BCUT2D eigenvalue weighted by atomic mass is 19.1. The maximum absolute atomic E-state index is 14.3. The highest BCUT2D eigenvalue weighted by Gasteiger charge is 2.19. The fourth-order valence-corrected chi connectivity index (χ4v) is 2.90. The zero-order chi connectivity index (χ0) is 17.3. The summed E-state index contributed by atoms with van der Waals surface area (Å²) in [6.45, 7) is 3.89. The van der Waals surface area contributed by atoms with Gasteiger partial charge in [0.25, 0.3) is 5.91 Å². The van der Waals surface area contributed by atoms with Crippen molar-refractivity contribution in [1.29, 1.82) is 0 Å². The number of halogens is 1. The largest absolute Gasteiger partial charge is 0.326 e. The van der Waals surface area contributed by atoms with Crippen molar-refractivity contribution in [2.75, 3.05) is 10.6 Å². The van der Waals surface area contributed by atoms with Crippen LogP contribution in [0.2, 0.25) is 0 Å². The molecule has 0 saturated carbocycles. The van der Waals surface area contributed by atoms with Gasteiger partial charge in [0.15, 0.2) is 0 Å². The molecule has 1 heterocycles. The molecule has 3 rings (SSSR count). The molecule has 0 bridgehead atoms. The van der Waals surface area contributed by atoms with E-state index in [0.717, 1.165) is 23.1 Å². The molecular formula is C19H19FN2O2. The second-order valence-electron chi connectivity index (χ2n) is 6.01. The third-order valence-corrected chi connectivity index (χ3v) is 4.23. The van der Waals surface area contributed by atoms with Gasteiger partial charge in [-0.1, -0.05) is 24.6 Å². The molecule has 0 atom stereocenters. The zero-order valence-corrected chi connectivity index (χ0v) is 13.7. The van der Waals surface area contributed by atoms with Gasteiger partial charge < -0.3 is 10.6 Å². The highest BCUT2D eigenvalue weighted by molar-refractivity contribution is 6.06. The molecular weight excluding hydrogens is 307 g/mol. The number of carbonyl (C=O) groups is 2. The van der Waals surface area contributed by atoms with Gasteiger partial charge in [0.2, 0.25) is 5.91 Å². The number of fused-ring (bicyclic) bond motifs is 1. The van der Waals surface area contributed by atoms with Crippen LogP contribution in [-0.4, -0.2) is 11.8 Å². The summed E-state index contributed by atoms with van der Waals surface area (Å²) in [6, 6.07) is 8.55. The summed E-state index contributed by atoms with van der Waals surface area (Å²) in [4.78, 5) is 24.0. The van der Waals surface area contributed by atoms with E-state index in [1.165, 1.54) is 6.07 Å². The molecule has 1 aliphatic rings. The maximum Gasteiger partial charge on any atom is 0.256 e. The molecule has 2 aromatic carbocycles. The Balaban J connectivity index is 1.90. The van der Waals surface area contributed by atoms with Crippen molar-refractivity contribution in [1.82, 2.24) is 0 Å². The van der Waals surface area contributed by atoms with Gasteiger partial charge in [-0.05, 0) is 49.1 Å². The molecule has 0 saturated heterocycles. The molecule has 0 aromatic heterocycles. The van der Waals surface area contributed by atoms with Gasteiger partial charge >= 0.3 is 0 Å². The number of amides is 2. The number of nitrogens with one attached hydrogen (secondary N) is 2. The summed E-state index contributed by atoms with van der Waals surface area (Å²) in [6.07, 6.45) is 1.63. The first-order valence-electron chi connectivity index (χ1n) is 8.01. The Morgan fingerprint density at radius 1 is 1.25 bits per heavy atom. The Labute approximate surface area is 140 Å². The topological polar surface area (TPSA) is 58.2 Å². The summed E-state index contributed by atoms with van der Waals surface area (Å²) >= 11 is 0. The lowest BCUT2D eigenvalue weighted by molar-refractivity contribution is -0.116. The van der Waals surface area contributed by atoms with Crippen molar-refractivity contribution in [3.05, 3.63) is 58.4 Å². The number of hydrogen-bond acceptors (Lipinski definition) is 2. The maximum atomic E-state index is 14.3. The minimum Gasteiger partial charge on any atom is -0.326 e. The van der Waals surface area contributed by atoms with Crippen LogP contribution in [0.4, 0.5) is 15.8 Å². The van der Waals surface area contributed by atoms with Gasteiger partial charge in [-0.2, -0.15) is 0 Å². The van der Waals surface area contributed by atoms with Crippen LogP contribution < -0.4 is 10.6 Å². The lowest BCUT2D eigenvalue weighted by Gasteiger charge is -2.19. The average Bonchev–Trinajstić information content (AvgIpc) is 2.55. The first-order valence-corrected chi connectivity index (χ1v) is 8.01. The Morgan fingerprint density at radius 3 is 2.79 bits per heavy atom. The predicted molar refractivity (Wildman–Crippen MR) is 91.9 cm³/mol. The van der Waals surface area contributed by atoms with Crippen molar-refractivity contribution < 1.29 is 14.0 Å². The summed E-state index contributed by atoms with van der Waals surface area (Å²) < 4.78 is 14.3. The molecule has 0 spiro atoms. The minimum atomic E-state index is -0.560. The Hall–Kier alpha value is -2.69. The lowest BCUT2D eigenvalue weighted by Crippen LogP contribution is -2.20. The highest BCUT2D eigenvalue weighted by Crippen LogP contribution is 2.29. The van der Waals surface area contributed by atoms with Crippen LogP contribution in [0.1, 0.15) is 40.4 Å². The Morgan fingerprint density at radius 2 is 2.04 bits per heavy atom. The first-order chi connectivity index (χ1) is 11.5. The number of carbonyl (C=O) groups excluding carboxylic acids is 2. The number of anilines is 2. The minimum absolute atomic E-state index is 0.119. The van der Waals surface area contributed by atoms with Gasteiger partial charge in [0.05, 0.1) is 5.69 Å². The predicted octanol–water partition coefficient (Wildman–Crippen LogP) is 3.83. The van der Waals surface area contributed by atoms with E-state index in [1.54, 1.807) is 6.07 Å². The van der Waals surface area contributed by atoms with E-state index < -0.39 is 5.82 Å². The van der Waals surface area contributed by atoms with Gasteiger partial charge in [0, 0.05) is 17.7 Å². The number of aryl methyl sites for hydroxylation is 3. The fourth-order valence-electron chi connectivity index (χ4n) is 2.90. The third kappa shape index (κ3) is 3.15. The van der Waals surface area contributed by atoms with E-state index in [-0.39, 0.29) is 17.5 Å². The van der Waals surface area contributed by atoms with Crippen LogP contribution in [0.15, 0.2) is 30.3 Å². The van der Waals surface area contributed by atoms with Crippen molar-refractivity contribution in [2.45, 2.75) is 33.1 Å². The second-order valence-corrected chi connectivity index (χ2v) is 6.01. The molecule has 0 aliphatic carbocycles. The molecule has 1 aliphatic heterocycles. The van der Waals surface area contributed by atoms with Gasteiger partial charge in [-0.15, -0.1) is 0 Å². The monoisotopic (exact) mass is 326 g/mol. The summed E-state index contributed by atoms with van der Waals surface area (Å²) in [5, 5.41) is 5.31. The standard InChI is InChI=1S/C19H19FN2O2/c1-3-12-5-4-11(2)8-14(12)19(24)22-17-9-13-6-7-18(23)21-16(13)10-15(17)20/h4-5,8-10H,3,6-7H2,1-2H3,(H,21,23)(H,22,24). The van der Waals surface area contributed by atoms with E-state index in [0.29, 0.717) is 24.1 Å². The molecule has 0 radical (unpaired) electrons. The van der Waals surface area contributed by atoms with Gasteiger partial charge in [-0.3, -0.25) is 9.59 Å². The quantitative estimate of drug-likeness (QED) is 0.900. The molecule has 2 aromatic rings. The smallest absolute Gasteiger partial charge is 0.256 e. The second kappa shape index (κ2) is 6.43. The van der Waals surface area contributed by atoms with Crippen LogP contribution in [0.25, 0.3) is 0 Å². The molecule has 4 nitrogen and oxygen atoms in total. The zero-order valence-electron chi connectivity index (χ0n) is 13.7. The molecule has 0 unspecified atom stereocenters. The third-order valence-electron chi connectivity index (χ3n) is 4.23. The van der Waals surface area contributed by atoms with Crippen molar-refractivity contribution >= 4 is 23.2 Å². The number of benzene rings is 2. The number of hydrogen-bond donors (Lipinski definition) is 2. The van der Waals surface area contributed by atoms with Crippen LogP contribution in [0.3, 0.4) is 0 Å². The van der Waals surface area contributed by atoms with Crippen molar-refractivity contribution in [2.24, 2.45) is 0 Å². The summed E-state index contributed by atoms with van der Waals surface area (Å²) in [7, 11) is 0. The summed E-state index contributed by atoms with van der Waals surface area (Å²) in [5.41, 5.74) is 3.90. The molecule has 0 fully saturated rings. The fraction of sp³-hybridized carbons (Fsp3) is 0.263. The van der Waals surface area contributed by atoms with Crippen LogP contribution in [0.5, 0.6) is 0 Å². The van der Waals surface area contributed by atoms with E-state index in [9.17, 15) is 14.0 Å².